The van der Waals surface area contributed by atoms with E-state index in [1.165, 1.54) is 19.8 Å². The van der Waals surface area contributed by atoms with E-state index in [1.807, 2.05) is 23.0 Å². The first-order chi connectivity index (χ1) is 18.0. The number of rotatable bonds is 18. The zero-order chi connectivity index (χ0) is 28.3. The van der Waals surface area contributed by atoms with E-state index in [-0.39, 0.29) is 23.2 Å². The summed E-state index contributed by atoms with van der Waals surface area (Å²) in [7, 11) is 1.70. The van der Waals surface area contributed by atoms with Crippen LogP contribution in [0.4, 0.5) is 0 Å². The molecule has 2 rings (SSSR count). The second kappa shape index (κ2) is 15.6. The molecule has 1 aromatic heterocycles. The molecule has 4 atom stereocenters. The number of methoxy groups -OCH3 is 1. The number of nitrogens with one attached hydrogen (secondary N) is 1. The highest BCUT2D eigenvalue weighted by molar-refractivity contribution is 5.79. The number of aliphatic hydroxyl groups excluding tert-OH is 1. The zero-order valence-corrected chi connectivity index (χ0v) is 24.7. The largest absolute Gasteiger partial charge is 0.457 e. The first kappa shape index (κ1) is 32.2. The van der Waals surface area contributed by atoms with Crippen molar-refractivity contribution in [2.24, 2.45) is 23.0 Å². The molecule has 4 N–H and O–H groups in total. The molecule has 0 unspecified atom stereocenters. The molecule has 0 spiro atoms. The average Bonchev–Trinajstić information content (AvgIpc) is 3.26. The van der Waals surface area contributed by atoms with Gasteiger partial charge in [0.1, 0.15) is 6.10 Å². The number of hydrogen-bond donors (Lipinski definition) is 3. The first-order valence-corrected chi connectivity index (χ1v) is 14.2. The van der Waals surface area contributed by atoms with E-state index in [0.29, 0.717) is 19.6 Å². The van der Waals surface area contributed by atoms with Crippen LogP contribution in [0.2, 0.25) is 0 Å². The highest BCUT2D eigenvalue weighted by Crippen LogP contribution is 2.36. The minimum Gasteiger partial charge on any atom is -0.457 e. The van der Waals surface area contributed by atoms with Gasteiger partial charge in [0, 0.05) is 57.6 Å². The highest BCUT2D eigenvalue weighted by atomic mass is 16.5. The number of esters is 1. The maximum Gasteiger partial charge on any atom is 0.303 e. The Morgan fingerprint density at radius 3 is 2.63 bits per heavy atom. The van der Waals surface area contributed by atoms with Gasteiger partial charge in [0.05, 0.1) is 17.8 Å². The fourth-order valence-corrected chi connectivity index (χ4v) is 5.05. The molecule has 0 amide bonds. The van der Waals surface area contributed by atoms with Crippen molar-refractivity contribution in [1.82, 2.24) is 15.1 Å². The smallest absolute Gasteiger partial charge is 0.303 e. The summed E-state index contributed by atoms with van der Waals surface area (Å²) < 4.78 is 13.1. The molecule has 0 saturated carbocycles. The second-order valence-corrected chi connectivity index (χ2v) is 11.8. The van der Waals surface area contributed by atoms with Gasteiger partial charge in [-0.1, -0.05) is 59.6 Å². The highest BCUT2D eigenvalue weighted by Gasteiger charge is 2.32. The topological polar surface area (TPSA) is 112 Å². The Morgan fingerprint density at radius 1 is 1.26 bits per heavy atom. The van der Waals surface area contributed by atoms with Gasteiger partial charge in [-0.3, -0.25) is 9.48 Å². The third-order valence-corrected chi connectivity index (χ3v) is 7.46. The summed E-state index contributed by atoms with van der Waals surface area (Å²) in [5.41, 5.74) is 8.63. The Labute approximate surface area is 229 Å². The van der Waals surface area contributed by atoms with Crippen LogP contribution in [0.3, 0.4) is 0 Å². The standard InChI is InChI=1S/C30H52N4O4/c1-8-9-13-30(5,6)20-32-19-28(36)26(31)17-25(21(2)3)29(38-22(4)35)23-11-12-24-18-33-34(27(24)16-23)14-10-15-37-7/h11-12,16,18,21,25-26,28-29,32,36H,8-10,13-15,17,19-20,31H2,1-7H3/t25-,26-,28-,29-/m0/s1. The molecule has 1 aromatic carbocycles. The molecular formula is C30H52N4O4. The van der Waals surface area contributed by atoms with Crippen molar-refractivity contribution in [2.45, 2.75) is 98.4 Å². The van der Waals surface area contributed by atoms with E-state index < -0.39 is 18.2 Å². The summed E-state index contributed by atoms with van der Waals surface area (Å²) >= 11 is 0. The number of aryl methyl sites for hydroxylation is 1. The minimum atomic E-state index is -0.694. The molecule has 0 aliphatic rings. The first-order valence-electron chi connectivity index (χ1n) is 14.2. The molecule has 8 heteroatoms. The van der Waals surface area contributed by atoms with Gasteiger partial charge >= 0.3 is 5.97 Å². The SMILES string of the molecule is CCCCC(C)(C)CNC[C@H](O)[C@@H](N)C[C@@H](C(C)C)[C@@H](OC(C)=O)c1ccc2cnn(CCCOC)c2c1. The molecule has 0 aliphatic carbocycles. The maximum absolute atomic E-state index is 12.2. The summed E-state index contributed by atoms with van der Waals surface area (Å²) in [6.45, 7) is 15.0. The van der Waals surface area contributed by atoms with Crippen molar-refractivity contribution >= 4 is 16.9 Å². The third kappa shape index (κ3) is 9.95. The number of fused-ring (bicyclic) bond motifs is 1. The number of aromatic nitrogens is 2. The summed E-state index contributed by atoms with van der Waals surface area (Å²) in [6.07, 6.45) is 5.60. The Kier molecular flexibility index (Phi) is 13.2. The Morgan fingerprint density at radius 2 is 2.00 bits per heavy atom. The normalized spacial score (nSPS) is 15.5. The molecule has 0 aliphatic heterocycles. The predicted molar refractivity (Wildman–Crippen MR) is 154 cm³/mol. The van der Waals surface area contributed by atoms with E-state index in [2.05, 4.69) is 51.1 Å². The van der Waals surface area contributed by atoms with Crippen LogP contribution in [0.25, 0.3) is 10.9 Å². The fourth-order valence-electron chi connectivity index (χ4n) is 5.05. The molecule has 0 fully saturated rings. The van der Waals surface area contributed by atoms with Gasteiger partial charge in [0.2, 0.25) is 0 Å². The molecule has 1 heterocycles. The number of carbonyl (C=O) groups excluding carboxylic acids is 1. The van der Waals surface area contributed by atoms with Gasteiger partial charge < -0.3 is 25.6 Å². The van der Waals surface area contributed by atoms with Crippen LogP contribution in [0, 0.1) is 17.3 Å². The van der Waals surface area contributed by atoms with Gasteiger partial charge in [-0.15, -0.1) is 0 Å². The Bertz CT molecular complexity index is 974. The molecule has 216 valence electrons. The van der Waals surface area contributed by atoms with Crippen molar-refractivity contribution in [3.8, 4) is 0 Å². The van der Waals surface area contributed by atoms with Crippen LogP contribution in [0.15, 0.2) is 24.4 Å². The van der Waals surface area contributed by atoms with E-state index in [1.54, 1.807) is 7.11 Å². The molecule has 38 heavy (non-hydrogen) atoms. The number of nitrogens with zero attached hydrogens (tertiary/aromatic N) is 2. The lowest BCUT2D eigenvalue weighted by Gasteiger charge is -2.33. The van der Waals surface area contributed by atoms with E-state index in [9.17, 15) is 9.90 Å². The summed E-state index contributed by atoms with van der Waals surface area (Å²) in [5, 5.41) is 19.9. The van der Waals surface area contributed by atoms with E-state index in [4.69, 9.17) is 15.2 Å². The number of aliphatic hydroxyl groups is 1. The summed E-state index contributed by atoms with van der Waals surface area (Å²) in [4.78, 5) is 12.2. The summed E-state index contributed by atoms with van der Waals surface area (Å²) in [6, 6.07) is 5.65. The number of hydrogen-bond acceptors (Lipinski definition) is 7. The fraction of sp³-hybridized carbons (Fsp3) is 0.733. The van der Waals surface area contributed by atoms with Gasteiger partial charge in [-0.25, -0.2) is 0 Å². The zero-order valence-electron chi connectivity index (χ0n) is 24.7. The lowest BCUT2D eigenvalue weighted by atomic mass is 9.80. The molecular weight excluding hydrogens is 480 g/mol. The monoisotopic (exact) mass is 532 g/mol. The minimum absolute atomic E-state index is 0.0631. The lowest BCUT2D eigenvalue weighted by molar-refractivity contribution is -0.151. The number of carbonyl (C=O) groups is 1. The van der Waals surface area contributed by atoms with Crippen LogP contribution in [-0.4, -0.2) is 59.8 Å². The Balaban J connectivity index is 2.18. The van der Waals surface area contributed by atoms with Gasteiger partial charge in [-0.2, -0.15) is 5.10 Å². The van der Waals surface area contributed by atoms with Gasteiger partial charge in [0.25, 0.3) is 0 Å². The van der Waals surface area contributed by atoms with Crippen LogP contribution < -0.4 is 11.1 Å². The maximum atomic E-state index is 12.2. The number of benzene rings is 1. The molecule has 2 aromatic rings. The van der Waals surface area contributed by atoms with Crippen LogP contribution >= 0.6 is 0 Å². The average molecular weight is 533 g/mol. The van der Waals surface area contributed by atoms with E-state index in [0.717, 1.165) is 42.4 Å². The second-order valence-electron chi connectivity index (χ2n) is 11.8. The Hall–Kier alpha value is -2.00. The van der Waals surface area contributed by atoms with Crippen LogP contribution in [0.1, 0.15) is 85.3 Å². The van der Waals surface area contributed by atoms with Crippen molar-refractivity contribution < 1.29 is 19.4 Å². The molecule has 0 saturated heterocycles. The summed E-state index contributed by atoms with van der Waals surface area (Å²) in [5.74, 6) is -0.216. The van der Waals surface area contributed by atoms with Crippen molar-refractivity contribution in [2.75, 3.05) is 26.8 Å². The lowest BCUT2D eigenvalue weighted by Crippen LogP contribution is -2.45. The number of unbranched alkanes of at least 4 members (excludes halogenated alkanes) is 1. The molecule has 8 nitrogen and oxygen atoms in total. The van der Waals surface area contributed by atoms with Crippen molar-refractivity contribution in [3.05, 3.63) is 30.0 Å². The number of ether oxygens (including phenoxy) is 2. The van der Waals surface area contributed by atoms with Crippen molar-refractivity contribution in [3.63, 3.8) is 0 Å². The van der Waals surface area contributed by atoms with Crippen LogP contribution in [-0.2, 0) is 20.8 Å². The van der Waals surface area contributed by atoms with Crippen LogP contribution in [0.5, 0.6) is 0 Å². The number of nitrogens with two attached hydrogens (primary N) is 1. The van der Waals surface area contributed by atoms with E-state index >= 15 is 0 Å². The third-order valence-electron chi connectivity index (χ3n) is 7.46. The predicted octanol–water partition coefficient (Wildman–Crippen LogP) is 4.83. The van der Waals surface area contributed by atoms with Gasteiger partial charge in [0.15, 0.2) is 0 Å². The quantitative estimate of drug-likeness (QED) is 0.186. The van der Waals surface area contributed by atoms with Gasteiger partial charge in [-0.05, 0) is 42.2 Å². The van der Waals surface area contributed by atoms with Crippen molar-refractivity contribution in [1.29, 1.82) is 0 Å². The molecule has 0 radical (unpaired) electrons. The molecule has 0 bridgehead atoms.